The van der Waals surface area contributed by atoms with E-state index >= 15 is 0 Å². The van der Waals surface area contributed by atoms with E-state index in [1.54, 1.807) is 0 Å². The van der Waals surface area contributed by atoms with Crippen molar-refractivity contribution in [2.45, 2.75) is 44.1 Å². The van der Waals surface area contributed by atoms with Gasteiger partial charge in [0, 0.05) is 10.00 Å². The van der Waals surface area contributed by atoms with E-state index < -0.39 is 0 Å². The van der Waals surface area contributed by atoms with Crippen LogP contribution in [0, 0.1) is 0 Å². The second-order valence-electron chi connectivity index (χ2n) is 3.44. The molecule has 0 spiro atoms. The van der Waals surface area contributed by atoms with Crippen LogP contribution >= 0.6 is 11.8 Å². The highest BCUT2D eigenvalue weighted by molar-refractivity contribution is 8.01. The lowest BCUT2D eigenvalue weighted by molar-refractivity contribution is 0.292. The summed E-state index contributed by atoms with van der Waals surface area (Å²) in [6.45, 7) is 8.94. The second kappa shape index (κ2) is 4.24. The quantitative estimate of drug-likeness (QED) is 0.687. The van der Waals surface area contributed by atoms with Gasteiger partial charge in [-0.15, -0.1) is 0 Å². The first-order chi connectivity index (χ1) is 4.49. The van der Waals surface area contributed by atoms with E-state index in [0.717, 1.165) is 6.42 Å². The van der Waals surface area contributed by atoms with Crippen LogP contribution in [0.2, 0.25) is 0 Å². The molecule has 0 saturated carbocycles. The first-order valence-electron chi connectivity index (χ1n) is 3.78. The van der Waals surface area contributed by atoms with E-state index in [0.29, 0.717) is 11.9 Å². The lowest BCUT2D eigenvalue weighted by atomic mass is 10.3. The maximum Gasteiger partial charge on any atom is 0.0550 e. The normalized spacial score (nSPS) is 15.3. The molecule has 62 valence electrons. The van der Waals surface area contributed by atoms with Crippen LogP contribution in [0.1, 0.15) is 34.1 Å². The lowest BCUT2D eigenvalue weighted by Gasteiger charge is -2.23. The molecule has 2 heteroatoms. The molecule has 1 N–H and O–H groups in total. The maximum atomic E-state index is 8.87. The molecule has 0 aromatic heterocycles. The number of aliphatic hydroxyl groups excluding tert-OH is 1. The van der Waals surface area contributed by atoms with Gasteiger partial charge in [-0.2, -0.15) is 11.8 Å². The summed E-state index contributed by atoms with van der Waals surface area (Å²) in [6.07, 6.45) is 1.05. The summed E-state index contributed by atoms with van der Waals surface area (Å²) in [5, 5.41) is 9.29. The molecule has 0 heterocycles. The highest BCUT2D eigenvalue weighted by atomic mass is 32.2. The Morgan fingerprint density at radius 2 is 1.90 bits per heavy atom. The molecule has 10 heavy (non-hydrogen) atoms. The van der Waals surface area contributed by atoms with Gasteiger partial charge in [0.05, 0.1) is 6.61 Å². The fourth-order valence-electron chi connectivity index (χ4n) is 0.750. The Labute approximate surface area is 68.2 Å². The third kappa shape index (κ3) is 5.12. The molecule has 0 aliphatic carbocycles. The van der Waals surface area contributed by atoms with E-state index in [-0.39, 0.29) is 4.75 Å². The first-order valence-corrected chi connectivity index (χ1v) is 4.66. The molecule has 1 unspecified atom stereocenters. The molecule has 0 radical (unpaired) electrons. The van der Waals surface area contributed by atoms with Crippen LogP contribution in [0.15, 0.2) is 0 Å². The summed E-state index contributed by atoms with van der Waals surface area (Å²) in [7, 11) is 0. The summed E-state index contributed by atoms with van der Waals surface area (Å²) >= 11 is 1.85. The predicted octanol–water partition coefficient (Wildman–Crippen LogP) is 2.29. The van der Waals surface area contributed by atoms with Crippen LogP contribution in [0.5, 0.6) is 0 Å². The molecular formula is C8H18OS. The monoisotopic (exact) mass is 162 g/mol. The van der Waals surface area contributed by atoms with Crippen molar-refractivity contribution in [3.63, 3.8) is 0 Å². The Morgan fingerprint density at radius 3 is 2.00 bits per heavy atom. The maximum absolute atomic E-state index is 8.87. The molecule has 0 aromatic rings. The molecule has 1 atom stereocenters. The largest absolute Gasteiger partial charge is 0.395 e. The number of hydrogen-bond donors (Lipinski definition) is 1. The zero-order chi connectivity index (χ0) is 8.20. The highest BCUT2D eigenvalue weighted by Gasteiger charge is 2.16. The number of aliphatic hydroxyl groups is 1. The minimum absolute atomic E-state index is 0.281. The van der Waals surface area contributed by atoms with Gasteiger partial charge in [-0.1, -0.05) is 27.7 Å². The summed E-state index contributed by atoms with van der Waals surface area (Å²) in [4.78, 5) is 0. The molecule has 0 bridgehead atoms. The zero-order valence-corrected chi connectivity index (χ0v) is 8.16. The summed E-state index contributed by atoms with van der Waals surface area (Å²) in [5.74, 6) is 0. The Bertz CT molecular complexity index is 81.7. The number of hydrogen-bond acceptors (Lipinski definition) is 2. The number of thioether (sulfide) groups is 1. The highest BCUT2D eigenvalue weighted by Crippen LogP contribution is 2.29. The van der Waals surface area contributed by atoms with E-state index in [1.807, 2.05) is 11.8 Å². The fourth-order valence-corrected chi connectivity index (χ4v) is 1.99. The van der Waals surface area contributed by atoms with E-state index in [1.165, 1.54) is 0 Å². The van der Waals surface area contributed by atoms with Gasteiger partial charge >= 0.3 is 0 Å². The van der Waals surface area contributed by atoms with Crippen molar-refractivity contribution in [3.05, 3.63) is 0 Å². The van der Waals surface area contributed by atoms with Gasteiger partial charge in [0.15, 0.2) is 0 Å². The topological polar surface area (TPSA) is 20.2 Å². The van der Waals surface area contributed by atoms with Crippen molar-refractivity contribution in [3.8, 4) is 0 Å². The minimum Gasteiger partial charge on any atom is -0.395 e. The predicted molar refractivity (Wildman–Crippen MR) is 48.5 cm³/mol. The second-order valence-corrected chi connectivity index (χ2v) is 5.57. The Hall–Kier alpha value is 0.310. The summed E-state index contributed by atoms with van der Waals surface area (Å²) in [5.41, 5.74) is 0. The van der Waals surface area contributed by atoms with Crippen molar-refractivity contribution in [1.29, 1.82) is 0 Å². The molecule has 0 saturated heterocycles. The molecular weight excluding hydrogens is 144 g/mol. The van der Waals surface area contributed by atoms with Gasteiger partial charge < -0.3 is 5.11 Å². The van der Waals surface area contributed by atoms with E-state index in [2.05, 4.69) is 27.7 Å². The molecule has 0 amide bonds. The van der Waals surface area contributed by atoms with Crippen LogP contribution in [-0.2, 0) is 0 Å². The molecule has 0 rings (SSSR count). The molecule has 0 aromatic carbocycles. The average molecular weight is 162 g/mol. The zero-order valence-electron chi connectivity index (χ0n) is 7.35. The number of rotatable bonds is 3. The van der Waals surface area contributed by atoms with Crippen LogP contribution in [0.3, 0.4) is 0 Å². The van der Waals surface area contributed by atoms with Gasteiger partial charge in [-0.3, -0.25) is 0 Å². The molecule has 1 nitrogen and oxygen atoms in total. The van der Waals surface area contributed by atoms with E-state index in [9.17, 15) is 0 Å². The van der Waals surface area contributed by atoms with Crippen molar-refractivity contribution in [1.82, 2.24) is 0 Å². The summed E-state index contributed by atoms with van der Waals surface area (Å²) in [6, 6.07) is 0. The van der Waals surface area contributed by atoms with Crippen molar-refractivity contribution >= 4 is 11.8 Å². The Balaban J connectivity index is 3.63. The van der Waals surface area contributed by atoms with Crippen molar-refractivity contribution < 1.29 is 5.11 Å². The van der Waals surface area contributed by atoms with Crippen LogP contribution in [0.4, 0.5) is 0 Å². The van der Waals surface area contributed by atoms with Gasteiger partial charge in [-0.05, 0) is 6.42 Å². The van der Waals surface area contributed by atoms with Crippen molar-refractivity contribution in [2.75, 3.05) is 6.61 Å². The molecule has 0 fully saturated rings. The SMILES string of the molecule is CCC(CO)SC(C)(C)C. The minimum atomic E-state index is 0.281. The van der Waals surface area contributed by atoms with Crippen LogP contribution in [-0.4, -0.2) is 21.7 Å². The smallest absolute Gasteiger partial charge is 0.0550 e. The summed E-state index contributed by atoms with van der Waals surface area (Å²) < 4.78 is 0.281. The van der Waals surface area contributed by atoms with Gasteiger partial charge in [0.25, 0.3) is 0 Å². The Morgan fingerprint density at radius 1 is 1.40 bits per heavy atom. The van der Waals surface area contributed by atoms with Gasteiger partial charge in [-0.25, -0.2) is 0 Å². The van der Waals surface area contributed by atoms with Gasteiger partial charge in [0.2, 0.25) is 0 Å². The third-order valence-corrected chi connectivity index (χ3v) is 2.70. The molecule has 0 aliphatic rings. The standard InChI is InChI=1S/C8H18OS/c1-5-7(6-9)10-8(2,3)4/h7,9H,5-6H2,1-4H3. The van der Waals surface area contributed by atoms with Crippen LogP contribution < -0.4 is 0 Å². The fraction of sp³-hybridized carbons (Fsp3) is 1.00. The van der Waals surface area contributed by atoms with Crippen LogP contribution in [0.25, 0.3) is 0 Å². The Kier molecular flexibility index (Phi) is 4.37. The van der Waals surface area contributed by atoms with Crippen molar-refractivity contribution in [2.24, 2.45) is 0 Å². The third-order valence-electron chi connectivity index (χ3n) is 1.18. The van der Waals surface area contributed by atoms with Gasteiger partial charge in [0.1, 0.15) is 0 Å². The van der Waals surface area contributed by atoms with E-state index in [4.69, 9.17) is 5.11 Å². The average Bonchev–Trinajstić information content (AvgIpc) is 1.81. The molecule has 0 aliphatic heterocycles. The first kappa shape index (κ1) is 10.3. The lowest BCUT2D eigenvalue weighted by Crippen LogP contribution is -2.17.